The molecule has 1 aromatic heterocycles. The molecule has 0 radical (unpaired) electrons. The SMILES string of the molecule is Cc1ccc(NC(=O)c2cc(C(=O)N3CCC(C)CC3)ccn2)cc1C. The van der Waals surface area contributed by atoms with E-state index in [4.69, 9.17) is 0 Å². The minimum atomic E-state index is -0.310. The number of anilines is 1. The van der Waals surface area contributed by atoms with Gasteiger partial charge in [0.2, 0.25) is 0 Å². The lowest BCUT2D eigenvalue weighted by Gasteiger charge is -2.30. The van der Waals surface area contributed by atoms with Gasteiger partial charge < -0.3 is 10.2 Å². The lowest BCUT2D eigenvalue weighted by atomic mass is 9.98. The fourth-order valence-electron chi connectivity index (χ4n) is 3.10. The van der Waals surface area contributed by atoms with E-state index in [1.165, 1.54) is 11.8 Å². The number of hydrogen-bond acceptors (Lipinski definition) is 3. The summed E-state index contributed by atoms with van der Waals surface area (Å²) in [5, 5.41) is 2.85. The number of likely N-dealkylation sites (tertiary alicyclic amines) is 1. The van der Waals surface area contributed by atoms with Gasteiger partial charge in [0.25, 0.3) is 11.8 Å². The lowest BCUT2D eigenvalue weighted by molar-refractivity contribution is 0.0697. The highest BCUT2D eigenvalue weighted by molar-refractivity contribution is 6.04. The van der Waals surface area contributed by atoms with E-state index in [-0.39, 0.29) is 17.5 Å². The molecule has 0 bridgehead atoms. The minimum absolute atomic E-state index is 0.0282. The number of aryl methyl sites for hydroxylation is 2. The predicted octanol–water partition coefficient (Wildman–Crippen LogP) is 3.82. The van der Waals surface area contributed by atoms with Gasteiger partial charge in [-0.05, 0) is 68.0 Å². The van der Waals surface area contributed by atoms with Gasteiger partial charge in [0.05, 0.1) is 0 Å². The fourth-order valence-corrected chi connectivity index (χ4v) is 3.10. The summed E-state index contributed by atoms with van der Waals surface area (Å²) in [4.78, 5) is 31.2. The number of nitrogens with one attached hydrogen (secondary N) is 1. The van der Waals surface area contributed by atoms with Crippen LogP contribution in [0.1, 0.15) is 51.7 Å². The van der Waals surface area contributed by atoms with Crippen LogP contribution in [0.4, 0.5) is 5.69 Å². The normalized spacial score (nSPS) is 15.0. The van der Waals surface area contributed by atoms with Crippen molar-refractivity contribution < 1.29 is 9.59 Å². The number of carbonyl (C=O) groups is 2. The van der Waals surface area contributed by atoms with E-state index in [0.29, 0.717) is 11.5 Å². The molecular formula is C21H25N3O2. The van der Waals surface area contributed by atoms with Crippen LogP contribution in [0.5, 0.6) is 0 Å². The first-order chi connectivity index (χ1) is 12.4. The van der Waals surface area contributed by atoms with Crippen molar-refractivity contribution in [3.8, 4) is 0 Å². The van der Waals surface area contributed by atoms with E-state index >= 15 is 0 Å². The molecule has 26 heavy (non-hydrogen) atoms. The third-order valence-corrected chi connectivity index (χ3v) is 5.08. The van der Waals surface area contributed by atoms with Gasteiger partial charge in [-0.2, -0.15) is 0 Å². The average Bonchev–Trinajstić information content (AvgIpc) is 2.65. The zero-order chi connectivity index (χ0) is 18.7. The highest BCUT2D eigenvalue weighted by atomic mass is 16.2. The number of rotatable bonds is 3. The summed E-state index contributed by atoms with van der Waals surface area (Å²) in [5.74, 6) is 0.325. The van der Waals surface area contributed by atoms with Crippen LogP contribution in [0.15, 0.2) is 36.5 Å². The molecule has 0 saturated carbocycles. The summed E-state index contributed by atoms with van der Waals surface area (Å²) >= 11 is 0. The van der Waals surface area contributed by atoms with Crippen LogP contribution in [0.25, 0.3) is 0 Å². The van der Waals surface area contributed by atoms with E-state index in [1.807, 2.05) is 36.9 Å². The van der Waals surface area contributed by atoms with Crippen molar-refractivity contribution in [3.63, 3.8) is 0 Å². The standard InChI is InChI=1S/C21H25N3O2/c1-14-7-10-24(11-8-14)21(26)17-6-9-22-19(13-17)20(25)23-18-5-4-15(2)16(3)12-18/h4-6,9,12-14H,7-8,10-11H2,1-3H3,(H,23,25). The first-order valence-electron chi connectivity index (χ1n) is 9.08. The molecule has 3 rings (SSSR count). The maximum Gasteiger partial charge on any atom is 0.274 e. The van der Waals surface area contributed by atoms with Gasteiger partial charge >= 0.3 is 0 Å². The van der Waals surface area contributed by atoms with Crippen LogP contribution >= 0.6 is 0 Å². The topological polar surface area (TPSA) is 62.3 Å². The van der Waals surface area contributed by atoms with Crippen molar-refractivity contribution in [1.82, 2.24) is 9.88 Å². The maximum atomic E-state index is 12.7. The second-order valence-electron chi connectivity index (χ2n) is 7.16. The molecule has 1 N–H and O–H groups in total. The molecule has 136 valence electrons. The van der Waals surface area contributed by atoms with Crippen LogP contribution in [0.3, 0.4) is 0 Å². The van der Waals surface area contributed by atoms with Crippen molar-refractivity contribution in [2.45, 2.75) is 33.6 Å². The molecule has 1 fully saturated rings. The number of hydrogen-bond donors (Lipinski definition) is 1. The van der Waals surface area contributed by atoms with Gasteiger partial charge in [-0.25, -0.2) is 0 Å². The first kappa shape index (κ1) is 18.1. The molecular weight excluding hydrogens is 326 g/mol. The fraction of sp³-hybridized carbons (Fsp3) is 0.381. The van der Waals surface area contributed by atoms with Crippen LogP contribution in [-0.2, 0) is 0 Å². The van der Waals surface area contributed by atoms with E-state index in [1.54, 1.807) is 12.1 Å². The van der Waals surface area contributed by atoms with E-state index in [0.717, 1.165) is 37.2 Å². The van der Waals surface area contributed by atoms with Crippen LogP contribution < -0.4 is 5.32 Å². The number of pyridine rings is 1. The highest BCUT2D eigenvalue weighted by Crippen LogP contribution is 2.19. The molecule has 1 aromatic carbocycles. The zero-order valence-electron chi connectivity index (χ0n) is 15.6. The van der Waals surface area contributed by atoms with Gasteiger partial charge in [-0.1, -0.05) is 13.0 Å². The zero-order valence-corrected chi connectivity index (χ0v) is 15.6. The Morgan fingerprint density at radius 3 is 2.50 bits per heavy atom. The number of nitrogens with zero attached hydrogens (tertiary/aromatic N) is 2. The van der Waals surface area contributed by atoms with Crippen molar-refractivity contribution >= 4 is 17.5 Å². The molecule has 1 aliphatic rings. The Balaban J connectivity index is 1.72. The number of piperidine rings is 1. The minimum Gasteiger partial charge on any atom is -0.339 e. The number of carbonyl (C=O) groups excluding carboxylic acids is 2. The molecule has 5 heteroatoms. The molecule has 0 unspecified atom stereocenters. The third kappa shape index (κ3) is 4.10. The van der Waals surface area contributed by atoms with Crippen molar-refractivity contribution in [1.29, 1.82) is 0 Å². The molecule has 1 aliphatic heterocycles. The number of benzene rings is 1. The summed E-state index contributed by atoms with van der Waals surface area (Å²) < 4.78 is 0. The van der Waals surface area contributed by atoms with Gasteiger partial charge in [0.1, 0.15) is 5.69 Å². The van der Waals surface area contributed by atoms with E-state index in [9.17, 15) is 9.59 Å². The lowest BCUT2D eigenvalue weighted by Crippen LogP contribution is -2.38. The average molecular weight is 351 g/mol. The predicted molar refractivity (Wildman–Crippen MR) is 102 cm³/mol. The Morgan fingerprint density at radius 1 is 1.08 bits per heavy atom. The molecule has 2 amide bonds. The maximum absolute atomic E-state index is 12.7. The van der Waals surface area contributed by atoms with Crippen molar-refractivity contribution in [2.75, 3.05) is 18.4 Å². The Morgan fingerprint density at radius 2 is 1.81 bits per heavy atom. The summed E-state index contributed by atoms with van der Waals surface area (Å²) in [5.41, 5.74) is 3.77. The van der Waals surface area contributed by atoms with Gasteiger partial charge in [0, 0.05) is 30.5 Å². The first-order valence-corrected chi connectivity index (χ1v) is 9.08. The van der Waals surface area contributed by atoms with Crippen molar-refractivity contribution in [3.05, 3.63) is 58.9 Å². The smallest absolute Gasteiger partial charge is 0.274 e. The van der Waals surface area contributed by atoms with E-state index < -0.39 is 0 Å². The Kier molecular flexibility index (Phi) is 5.35. The molecule has 1 saturated heterocycles. The van der Waals surface area contributed by atoms with E-state index in [2.05, 4.69) is 17.2 Å². The number of amides is 2. The Labute approximate surface area is 154 Å². The van der Waals surface area contributed by atoms with Crippen LogP contribution in [0.2, 0.25) is 0 Å². The monoisotopic (exact) mass is 351 g/mol. The summed E-state index contributed by atoms with van der Waals surface area (Å²) in [6, 6.07) is 9.01. The Hall–Kier alpha value is -2.69. The summed E-state index contributed by atoms with van der Waals surface area (Å²) in [6.07, 6.45) is 3.57. The summed E-state index contributed by atoms with van der Waals surface area (Å²) in [7, 11) is 0. The molecule has 0 atom stereocenters. The van der Waals surface area contributed by atoms with Gasteiger partial charge in [0.15, 0.2) is 0 Å². The molecule has 2 heterocycles. The molecule has 5 nitrogen and oxygen atoms in total. The molecule has 0 spiro atoms. The van der Waals surface area contributed by atoms with Gasteiger partial charge in [-0.15, -0.1) is 0 Å². The van der Waals surface area contributed by atoms with Gasteiger partial charge in [-0.3, -0.25) is 14.6 Å². The molecule has 2 aromatic rings. The highest BCUT2D eigenvalue weighted by Gasteiger charge is 2.22. The van der Waals surface area contributed by atoms with Crippen LogP contribution in [-0.4, -0.2) is 34.8 Å². The number of aromatic nitrogens is 1. The largest absolute Gasteiger partial charge is 0.339 e. The van der Waals surface area contributed by atoms with Crippen molar-refractivity contribution in [2.24, 2.45) is 5.92 Å². The quantitative estimate of drug-likeness (QED) is 0.914. The second-order valence-corrected chi connectivity index (χ2v) is 7.16. The second kappa shape index (κ2) is 7.68. The summed E-state index contributed by atoms with van der Waals surface area (Å²) in [6.45, 7) is 7.78. The molecule has 0 aliphatic carbocycles. The Bertz CT molecular complexity index is 824. The van der Waals surface area contributed by atoms with Crippen LogP contribution in [0, 0.1) is 19.8 Å². The third-order valence-electron chi connectivity index (χ3n) is 5.08.